The van der Waals surface area contributed by atoms with Gasteiger partial charge in [-0.05, 0) is 25.2 Å². The molecule has 1 aliphatic heterocycles. The van der Waals surface area contributed by atoms with Gasteiger partial charge < -0.3 is 10.6 Å². The van der Waals surface area contributed by atoms with E-state index in [-0.39, 0.29) is 17.9 Å². The lowest BCUT2D eigenvalue weighted by atomic mass is 9.98. The molecule has 1 amide bonds. The molecule has 3 nitrogen and oxygen atoms in total. The number of amides is 1. The van der Waals surface area contributed by atoms with Gasteiger partial charge in [-0.3, -0.25) is 4.79 Å². The number of nitrogens with zero attached hydrogens (tertiary/aromatic N) is 1. The van der Waals surface area contributed by atoms with Crippen LogP contribution in [0.1, 0.15) is 26.2 Å². The summed E-state index contributed by atoms with van der Waals surface area (Å²) in [6.45, 7) is 4.08. The lowest BCUT2D eigenvalue weighted by Crippen LogP contribution is -2.42. The van der Waals surface area contributed by atoms with Crippen LogP contribution >= 0.6 is 0 Å². The highest BCUT2D eigenvalue weighted by atomic mass is 16.2. The van der Waals surface area contributed by atoms with Gasteiger partial charge in [-0.15, -0.1) is 0 Å². The molecule has 1 saturated heterocycles. The van der Waals surface area contributed by atoms with E-state index in [1.807, 2.05) is 17.1 Å². The molecular weight excluding hydrogens is 188 g/mol. The molecule has 2 rings (SSSR count). The van der Waals surface area contributed by atoms with Crippen molar-refractivity contribution in [3.8, 4) is 0 Å². The average molecular weight is 208 g/mol. The SMILES string of the molecule is CC1CCCN(C(=O)C2C=CC(N)C2)C1. The molecular formula is C12H20N2O. The van der Waals surface area contributed by atoms with Crippen LogP contribution < -0.4 is 5.73 Å². The van der Waals surface area contributed by atoms with Gasteiger partial charge in [0, 0.05) is 19.1 Å². The van der Waals surface area contributed by atoms with Gasteiger partial charge in [-0.1, -0.05) is 19.1 Å². The minimum Gasteiger partial charge on any atom is -0.342 e. The van der Waals surface area contributed by atoms with Gasteiger partial charge in [-0.2, -0.15) is 0 Å². The highest BCUT2D eigenvalue weighted by molar-refractivity contribution is 5.81. The molecule has 0 bridgehead atoms. The third kappa shape index (κ3) is 2.40. The Morgan fingerprint density at radius 1 is 1.47 bits per heavy atom. The Kier molecular flexibility index (Phi) is 3.10. The van der Waals surface area contributed by atoms with Crippen LogP contribution in [0.4, 0.5) is 0 Å². The fourth-order valence-corrected chi connectivity index (χ4v) is 2.53. The maximum atomic E-state index is 12.1. The van der Waals surface area contributed by atoms with Crippen molar-refractivity contribution >= 4 is 5.91 Å². The van der Waals surface area contributed by atoms with Gasteiger partial charge in [0.2, 0.25) is 5.91 Å². The first-order valence-electron chi connectivity index (χ1n) is 5.89. The number of carbonyl (C=O) groups excluding carboxylic acids is 1. The zero-order valence-electron chi connectivity index (χ0n) is 9.36. The van der Waals surface area contributed by atoms with Gasteiger partial charge in [0.25, 0.3) is 0 Å². The largest absolute Gasteiger partial charge is 0.342 e. The summed E-state index contributed by atoms with van der Waals surface area (Å²) < 4.78 is 0. The molecule has 3 atom stereocenters. The Balaban J connectivity index is 1.93. The minimum absolute atomic E-state index is 0.0466. The Bertz CT molecular complexity index is 275. The smallest absolute Gasteiger partial charge is 0.229 e. The van der Waals surface area contributed by atoms with E-state index in [2.05, 4.69) is 6.92 Å². The second kappa shape index (κ2) is 4.35. The van der Waals surface area contributed by atoms with E-state index in [1.165, 1.54) is 6.42 Å². The summed E-state index contributed by atoms with van der Waals surface area (Å²) in [6, 6.07) is 0.0844. The number of carbonyl (C=O) groups is 1. The van der Waals surface area contributed by atoms with Crippen LogP contribution in [0.15, 0.2) is 12.2 Å². The van der Waals surface area contributed by atoms with Crippen LogP contribution in [0.3, 0.4) is 0 Å². The highest BCUT2D eigenvalue weighted by Crippen LogP contribution is 2.23. The maximum Gasteiger partial charge on any atom is 0.229 e. The molecule has 0 saturated carbocycles. The first kappa shape index (κ1) is 10.7. The van der Waals surface area contributed by atoms with Crippen LogP contribution in [-0.2, 0) is 4.79 Å². The fraction of sp³-hybridized carbons (Fsp3) is 0.750. The van der Waals surface area contributed by atoms with Crippen molar-refractivity contribution in [2.24, 2.45) is 17.6 Å². The summed E-state index contributed by atoms with van der Waals surface area (Å²) >= 11 is 0. The Morgan fingerprint density at radius 2 is 2.27 bits per heavy atom. The van der Waals surface area contributed by atoms with Gasteiger partial charge in [0.05, 0.1) is 5.92 Å². The molecule has 15 heavy (non-hydrogen) atoms. The molecule has 1 aliphatic carbocycles. The van der Waals surface area contributed by atoms with Gasteiger partial charge in [0.1, 0.15) is 0 Å². The molecule has 0 aromatic carbocycles. The number of hydrogen-bond acceptors (Lipinski definition) is 2. The van der Waals surface area contributed by atoms with Crippen LogP contribution in [-0.4, -0.2) is 29.9 Å². The van der Waals surface area contributed by atoms with Crippen molar-refractivity contribution in [2.75, 3.05) is 13.1 Å². The fourth-order valence-electron chi connectivity index (χ4n) is 2.53. The first-order valence-corrected chi connectivity index (χ1v) is 5.89. The molecule has 84 valence electrons. The van der Waals surface area contributed by atoms with E-state index in [9.17, 15) is 4.79 Å². The van der Waals surface area contributed by atoms with Crippen LogP contribution in [0.2, 0.25) is 0 Å². The first-order chi connectivity index (χ1) is 7.16. The number of nitrogens with two attached hydrogens (primary N) is 1. The van der Waals surface area contributed by atoms with Crippen LogP contribution in [0, 0.1) is 11.8 Å². The Morgan fingerprint density at radius 3 is 2.87 bits per heavy atom. The lowest BCUT2D eigenvalue weighted by molar-refractivity contribution is -0.135. The highest BCUT2D eigenvalue weighted by Gasteiger charge is 2.29. The van der Waals surface area contributed by atoms with E-state index in [0.29, 0.717) is 5.92 Å². The van der Waals surface area contributed by atoms with Crippen LogP contribution in [0.25, 0.3) is 0 Å². The molecule has 2 aliphatic rings. The molecule has 3 unspecified atom stereocenters. The van der Waals surface area contributed by atoms with Gasteiger partial charge >= 0.3 is 0 Å². The summed E-state index contributed by atoms with van der Waals surface area (Å²) in [7, 11) is 0. The predicted molar refractivity (Wildman–Crippen MR) is 60.2 cm³/mol. The second-order valence-electron chi connectivity index (χ2n) is 4.92. The maximum absolute atomic E-state index is 12.1. The van der Waals surface area contributed by atoms with E-state index in [1.54, 1.807) is 0 Å². The summed E-state index contributed by atoms with van der Waals surface area (Å²) in [4.78, 5) is 14.1. The van der Waals surface area contributed by atoms with E-state index in [0.717, 1.165) is 25.9 Å². The normalized spacial score (nSPS) is 35.9. The van der Waals surface area contributed by atoms with E-state index >= 15 is 0 Å². The minimum atomic E-state index is 0.0466. The summed E-state index contributed by atoms with van der Waals surface area (Å²) in [6.07, 6.45) is 7.13. The Hall–Kier alpha value is -0.830. The average Bonchev–Trinajstić information content (AvgIpc) is 2.64. The molecule has 0 radical (unpaired) electrons. The van der Waals surface area contributed by atoms with Gasteiger partial charge in [0.15, 0.2) is 0 Å². The van der Waals surface area contributed by atoms with E-state index in [4.69, 9.17) is 5.73 Å². The van der Waals surface area contributed by atoms with Crippen LogP contribution in [0.5, 0.6) is 0 Å². The molecule has 0 spiro atoms. The quantitative estimate of drug-likeness (QED) is 0.657. The molecule has 0 aromatic heterocycles. The van der Waals surface area contributed by atoms with Crippen molar-refractivity contribution in [1.82, 2.24) is 4.90 Å². The van der Waals surface area contributed by atoms with E-state index < -0.39 is 0 Å². The van der Waals surface area contributed by atoms with Crippen molar-refractivity contribution < 1.29 is 4.79 Å². The molecule has 0 aromatic rings. The van der Waals surface area contributed by atoms with Crippen molar-refractivity contribution in [1.29, 1.82) is 0 Å². The number of rotatable bonds is 1. The third-order valence-electron chi connectivity index (χ3n) is 3.40. The summed E-state index contributed by atoms with van der Waals surface area (Å²) in [5.74, 6) is 0.984. The standard InChI is InChI=1S/C12H20N2O/c1-9-3-2-6-14(8-9)12(15)10-4-5-11(13)7-10/h4-5,9-11H,2-3,6-8,13H2,1H3. The number of hydrogen-bond donors (Lipinski definition) is 1. The number of likely N-dealkylation sites (tertiary alicyclic amines) is 1. The zero-order chi connectivity index (χ0) is 10.8. The monoisotopic (exact) mass is 208 g/mol. The summed E-state index contributed by atoms with van der Waals surface area (Å²) in [5.41, 5.74) is 5.76. The predicted octanol–water partition coefficient (Wildman–Crippen LogP) is 1.15. The topological polar surface area (TPSA) is 46.3 Å². The second-order valence-corrected chi connectivity index (χ2v) is 4.92. The number of piperidine rings is 1. The van der Waals surface area contributed by atoms with Gasteiger partial charge in [-0.25, -0.2) is 0 Å². The van der Waals surface area contributed by atoms with Crippen molar-refractivity contribution in [3.05, 3.63) is 12.2 Å². The van der Waals surface area contributed by atoms with Crippen molar-refractivity contribution in [2.45, 2.75) is 32.2 Å². The summed E-state index contributed by atoms with van der Waals surface area (Å²) in [5, 5.41) is 0. The zero-order valence-corrected chi connectivity index (χ0v) is 9.36. The molecule has 1 heterocycles. The Labute approximate surface area is 91.3 Å². The third-order valence-corrected chi connectivity index (χ3v) is 3.40. The lowest BCUT2D eigenvalue weighted by Gasteiger charge is -2.32. The molecule has 2 N–H and O–H groups in total. The molecule has 1 fully saturated rings. The van der Waals surface area contributed by atoms with Crippen molar-refractivity contribution in [3.63, 3.8) is 0 Å². The molecule has 3 heteroatoms.